The van der Waals surface area contributed by atoms with E-state index >= 15 is 0 Å². The normalized spacial score (nSPS) is 12.8. The van der Waals surface area contributed by atoms with Gasteiger partial charge in [0.1, 0.15) is 0 Å². The largest absolute Gasteiger partial charge is 0.309 e. The lowest BCUT2D eigenvalue weighted by Gasteiger charge is -2.37. The predicted octanol–water partition coefficient (Wildman–Crippen LogP) is 11.8. The van der Waals surface area contributed by atoms with Crippen LogP contribution in [0.25, 0.3) is 44.6 Å². The van der Waals surface area contributed by atoms with Gasteiger partial charge in [0.15, 0.2) is 0 Å². The van der Waals surface area contributed by atoms with Crippen molar-refractivity contribution in [1.82, 2.24) is 4.57 Å². The van der Waals surface area contributed by atoms with Crippen molar-refractivity contribution < 1.29 is 0 Å². The Kier molecular flexibility index (Phi) is 6.91. The van der Waals surface area contributed by atoms with Crippen LogP contribution in [0.4, 0.5) is 0 Å². The van der Waals surface area contributed by atoms with Crippen LogP contribution in [0.1, 0.15) is 39.9 Å². The van der Waals surface area contributed by atoms with Gasteiger partial charge in [0.25, 0.3) is 0 Å². The predicted molar refractivity (Wildman–Crippen MR) is 202 cm³/mol. The average molecular weight is 614 g/mol. The van der Waals surface area contributed by atoms with Gasteiger partial charge in [0, 0.05) is 16.5 Å². The molecule has 0 saturated carbocycles. The quantitative estimate of drug-likeness (QED) is 0.164. The maximum absolute atomic E-state index is 2.48. The van der Waals surface area contributed by atoms with Gasteiger partial charge in [-0.2, -0.15) is 0 Å². The van der Waals surface area contributed by atoms with E-state index in [1.165, 1.54) is 72.0 Å². The summed E-state index contributed by atoms with van der Waals surface area (Å²) in [5, 5.41) is 3.88. The molecule has 228 valence electrons. The molecular weight excluding hydrogens is 579 g/mol. The molecule has 0 unspecified atom stereocenters. The lowest BCUT2D eigenvalue weighted by Crippen LogP contribution is -2.30. The molecule has 0 radical (unpaired) electrons. The Balaban J connectivity index is 1.23. The Morgan fingerprint density at radius 1 is 0.438 bits per heavy atom. The Bertz CT molecular complexity index is 2320. The molecule has 48 heavy (non-hydrogen) atoms. The Morgan fingerprint density at radius 2 is 0.958 bits per heavy atom. The Morgan fingerprint density at radius 3 is 1.58 bits per heavy atom. The zero-order valence-corrected chi connectivity index (χ0v) is 26.8. The third-order valence-corrected chi connectivity index (χ3v) is 10.2. The second kappa shape index (κ2) is 11.7. The van der Waals surface area contributed by atoms with E-state index in [2.05, 4.69) is 193 Å². The van der Waals surface area contributed by atoms with Crippen molar-refractivity contribution in [2.24, 2.45) is 0 Å². The molecule has 0 spiro atoms. The van der Waals surface area contributed by atoms with Crippen molar-refractivity contribution in [1.29, 1.82) is 0 Å². The molecule has 8 aromatic rings. The number of aryl methyl sites for hydroxylation is 1. The maximum atomic E-state index is 2.48. The molecule has 1 heteroatoms. The third-order valence-electron chi connectivity index (χ3n) is 10.2. The first-order valence-corrected chi connectivity index (χ1v) is 16.9. The van der Waals surface area contributed by atoms with E-state index in [0.717, 1.165) is 12.8 Å². The summed E-state index contributed by atoms with van der Waals surface area (Å²) in [6.45, 7) is 0. The standard InChI is InChI=1S/C47H35N/c1-4-16-35(17-5-1)47(36-18-6-2-7-19-36,37-20-8-3-9-21-37)38-30-28-34(29-31-38)39-32-33-46(41-23-11-10-22-40(39)41)48-44-26-14-12-24-42(44)43-25-13-15-27-45(43)48/h1-12,14-24,26-33H,13,25H2. The molecule has 1 aliphatic rings. The topological polar surface area (TPSA) is 4.93 Å². The molecule has 1 aliphatic carbocycles. The van der Waals surface area contributed by atoms with Crippen molar-refractivity contribution in [2.45, 2.75) is 18.3 Å². The van der Waals surface area contributed by atoms with Crippen LogP contribution in [0.2, 0.25) is 0 Å². The second-order valence-corrected chi connectivity index (χ2v) is 12.8. The van der Waals surface area contributed by atoms with E-state index in [1.54, 1.807) is 0 Å². The number of rotatable bonds is 6. The molecule has 0 atom stereocenters. The zero-order chi connectivity index (χ0) is 31.9. The van der Waals surface area contributed by atoms with Crippen LogP contribution < -0.4 is 0 Å². The molecule has 0 fully saturated rings. The van der Waals surface area contributed by atoms with E-state index in [1.807, 2.05) is 0 Å². The molecule has 0 N–H and O–H groups in total. The monoisotopic (exact) mass is 613 g/mol. The highest BCUT2D eigenvalue weighted by atomic mass is 15.0. The minimum atomic E-state index is -0.462. The first-order valence-electron chi connectivity index (χ1n) is 16.9. The van der Waals surface area contributed by atoms with Gasteiger partial charge in [0.05, 0.1) is 16.6 Å². The molecule has 7 aromatic carbocycles. The molecule has 1 aromatic heterocycles. The van der Waals surface area contributed by atoms with E-state index in [4.69, 9.17) is 0 Å². The van der Waals surface area contributed by atoms with Crippen molar-refractivity contribution in [3.8, 4) is 16.8 Å². The number of aromatic nitrogens is 1. The lowest BCUT2D eigenvalue weighted by molar-refractivity contribution is 0.745. The number of hydrogen-bond donors (Lipinski definition) is 0. The highest BCUT2D eigenvalue weighted by Gasteiger charge is 2.38. The molecule has 0 saturated heterocycles. The number of benzene rings is 7. The summed E-state index contributed by atoms with van der Waals surface area (Å²) in [5.41, 5.74) is 12.3. The number of allylic oxidation sites excluding steroid dienone is 1. The van der Waals surface area contributed by atoms with Crippen LogP contribution in [0.3, 0.4) is 0 Å². The third kappa shape index (κ3) is 4.39. The maximum Gasteiger partial charge on any atom is 0.0701 e. The summed E-state index contributed by atoms with van der Waals surface area (Å²) in [5.74, 6) is 0. The van der Waals surface area contributed by atoms with Crippen LogP contribution in [0.15, 0.2) is 182 Å². The van der Waals surface area contributed by atoms with E-state index in [-0.39, 0.29) is 0 Å². The molecule has 0 amide bonds. The van der Waals surface area contributed by atoms with Crippen LogP contribution in [-0.4, -0.2) is 4.57 Å². The molecule has 0 bridgehead atoms. The zero-order valence-electron chi connectivity index (χ0n) is 26.8. The molecule has 1 nitrogen and oxygen atoms in total. The minimum Gasteiger partial charge on any atom is -0.309 e. The van der Waals surface area contributed by atoms with E-state index in [9.17, 15) is 0 Å². The summed E-state index contributed by atoms with van der Waals surface area (Å²) < 4.78 is 2.48. The molecular formula is C47H35N. The summed E-state index contributed by atoms with van der Waals surface area (Å²) in [6.07, 6.45) is 6.81. The van der Waals surface area contributed by atoms with Gasteiger partial charge in [0.2, 0.25) is 0 Å². The Hall–Kier alpha value is -5.92. The smallest absolute Gasteiger partial charge is 0.0701 e. The van der Waals surface area contributed by atoms with Crippen molar-refractivity contribution in [3.63, 3.8) is 0 Å². The fourth-order valence-corrected chi connectivity index (χ4v) is 8.14. The minimum absolute atomic E-state index is 0.462. The second-order valence-electron chi connectivity index (χ2n) is 12.8. The number of fused-ring (bicyclic) bond motifs is 4. The fourth-order valence-electron chi connectivity index (χ4n) is 8.14. The number of para-hydroxylation sites is 1. The van der Waals surface area contributed by atoms with Gasteiger partial charge in [-0.25, -0.2) is 0 Å². The van der Waals surface area contributed by atoms with Crippen molar-refractivity contribution in [3.05, 3.63) is 216 Å². The molecule has 0 aliphatic heterocycles. The highest BCUT2D eigenvalue weighted by molar-refractivity contribution is 6.03. The van der Waals surface area contributed by atoms with Gasteiger partial charge < -0.3 is 4.57 Å². The van der Waals surface area contributed by atoms with E-state index < -0.39 is 5.41 Å². The summed E-state index contributed by atoms with van der Waals surface area (Å²) >= 11 is 0. The van der Waals surface area contributed by atoms with Gasteiger partial charge in [-0.15, -0.1) is 0 Å². The van der Waals surface area contributed by atoms with E-state index in [0.29, 0.717) is 0 Å². The summed E-state index contributed by atoms with van der Waals surface area (Å²) in [7, 11) is 0. The molecule has 1 heterocycles. The SMILES string of the molecule is C1=Cc2c(c3ccccc3n2-c2ccc(-c3ccc(C(c4ccccc4)(c4ccccc4)c4ccccc4)cc3)c3ccccc23)CC1. The highest BCUT2D eigenvalue weighted by Crippen LogP contribution is 2.46. The van der Waals surface area contributed by atoms with Crippen molar-refractivity contribution in [2.75, 3.05) is 0 Å². The first kappa shape index (κ1) is 28.3. The molecule has 9 rings (SSSR count). The lowest BCUT2D eigenvalue weighted by atomic mass is 9.65. The Labute approximate surface area is 282 Å². The van der Waals surface area contributed by atoms with Crippen LogP contribution in [0.5, 0.6) is 0 Å². The van der Waals surface area contributed by atoms with Gasteiger partial charge >= 0.3 is 0 Å². The first-order chi connectivity index (χ1) is 23.8. The van der Waals surface area contributed by atoms with Crippen LogP contribution in [0, 0.1) is 0 Å². The van der Waals surface area contributed by atoms with Gasteiger partial charge in [-0.3, -0.25) is 0 Å². The number of nitrogens with zero attached hydrogens (tertiary/aromatic N) is 1. The average Bonchev–Trinajstić information content (AvgIpc) is 3.51. The van der Waals surface area contributed by atoms with Gasteiger partial charge in [-0.1, -0.05) is 170 Å². The number of hydrogen-bond acceptors (Lipinski definition) is 0. The van der Waals surface area contributed by atoms with Gasteiger partial charge in [-0.05, 0) is 75.4 Å². The fraction of sp³-hybridized carbons (Fsp3) is 0.0638. The van der Waals surface area contributed by atoms with Crippen LogP contribution in [-0.2, 0) is 11.8 Å². The summed E-state index contributed by atoms with van der Waals surface area (Å²) in [4.78, 5) is 0. The summed E-state index contributed by atoms with van der Waals surface area (Å²) in [6, 6.07) is 64.5. The van der Waals surface area contributed by atoms with Crippen LogP contribution >= 0.6 is 0 Å². The van der Waals surface area contributed by atoms with Crippen molar-refractivity contribution >= 4 is 27.8 Å².